The van der Waals surface area contributed by atoms with Gasteiger partial charge in [0.05, 0.1) is 29.1 Å². The second-order valence-corrected chi connectivity index (χ2v) is 5.93. The molecule has 3 aromatic rings. The molecule has 1 aromatic carbocycles. The Balaban J connectivity index is 1.65. The number of nitrogens with one attached hydrogen (secondary N) is 1. The highest BCUT2D eigenvalue weighted by molar-refractivity contribution is 5.92. The lowest BCUT2D eigenvalue weighted by Gasteiger charge is -2.23. The summed E-state index contributed by atoms with van der Waals surface area (Å²) in [5.41, 5.74) is 4.27. The summed E-state index contributed by atoms with van der Waals surface area (Å²) in [4.78, 5) is 4.41. The van der Waals surface area contributed by atoms with Crippen LogP contribution in [0.3, 0.4) is 0 Å². The monoisotopic (exact) mass is 308 g/mol. The first kappa shape index (κ1) is 14.2. The zero-order chi connectivity index (χ0) is 15.6. The van der Waals surface area contributed by atoms with Crippen molar-refractivity contribution >= 4 is 22.3 Å². The number of pyridine rings is 1. The molecule has 118 valence electrons. The van der Waals surface area contributed by atoms with Gasteiger partial charge in [-0.05, 0) is 31.9 Å². The normalized spacial score (nSPS) is 15.9. The van der Waals surface area contributed by atoms with Gasteiger partial charge in [0.1, 0.15) is 0 Å². The van der Waals surface area contributed by atoms with Crippen LogP contribution in [0.5, 0.6) is 0 Å². The van der Waals surface area contributed by atoms with Crippen LogP contribution in [0.25, 0.3) is 10.9 Å². The van der Waals surface area contributed by atoms with Gasteiger partial charge in [-0.3, -0.25) is 9.67 Å². The number of benzene rings is 1. The second-order valence-electron chi connectivity index (χ2n) is 5.93. The fourth-order valence-corrected chi connectivity index (χ4v) is 3.19. The highest BCUT2D eigenvalue weighted by atomic mass is 16.5. The van der Waals surface area contributed by atoms with Crippen LogP contribution in [0.1, 0.15) is 24.6 Å². The average Bonchev–Trinajstić information content (AvgIpc) is 2.97. The molecule has 3 heterocycles. The van der Waals surface area contributed by atoms with Gasteiger partial charge in [0, 0.05) is 30.5 Å². The molecular formula is C18H20N4O. The molecule has 4 rings (SSSR count). The molecule has 1 N–H and O–H groups in total. The number of para-hydroxylation sites is 1. The molecule has 1 aliphatic heterocycles. The fraction of sp³-hybridized carbons (Fsp3) is 0.333. The Morgan fingerprint density at radius 1 is 1.13 bits per heavy atom. The maximum atomic E-state index is 5.45. The summed E-state index contributed by atoms with van der Waals surface area (Å²) in [5, 5.41) is 9.24. The minimum Gasteiger partial charge on any atom is -0.381 e. The van der Waals surface area contributed by atoms with Crippen LogP contribution in [0.15, 0.2) is 42.7 Å². The molecule has 1 aliphatic rings. The maximum Gasteiger partial charge on any atom is 0.0800 e. The Labute approximate surface area is 135 Å². The van der Waals surface area contributed by atoms with Crippen LogP contribution in [0.2, 0.25) is 0 Å². The Bertz CT molecular complexity index is 816. The lowest BCUT2D eigenvalue weighted by molar-refractivity contribution is 0.0657. The van der Waals surface area contributed by atoms with Crippen molar-refractivity contribution in [1.29, 1.82) is 0 Å². The molecule has 1 fully saturated rings. The van der Waals surface area contributed by atoms with Gasteiger partial charge in [0.15, 0.2) is 0 Å². The van der Waals surface area contributed by atoms with Crippen molar-refractivity contribution in [2.24, 2.45) is 0 Å². The molecule has 1 saturated heterocycles. The summed E-state index contributed by atoms with van der Waals surface area (Å²) in [7, 11) is 0. The van der Waals surface area contributed by atoms with E-state index >= 15 is 0 Å². The third-order valence-corrected chi connectivity index (χ3v) is 4.50. The van der Waals surface area contributed by atoms with E-state index in [-0.39, 0.29) is 0 Å². The summed E-state index contributed by atoms with van der Waals surface area (Å²) >= 11 is 0. The summed E-state index contributed by atoms with van der Waals surface area (Å²) in [6.45, 7) is 3.76. The molecule has 0 unspecified atom stereocenters. The third kappa shape index (κ3) is 2.68. The van der Waals surface area contributed by atoms with E-state index in [1.165, 1.54) is 0 Å². The summed E-state index contributed by atoms with van der Waals surface area (Å²) < 4.78 is 7.58. The number of hydrogen-bond donors (Lipinski definition) is 1. The lowest BCUT2D eigenvalue weighted by Crippen LogP contribution is -2.21. The molecule has 0 bridgehead atoms. The molecule has 5 heteroatoms. The molecule has 0 spiro atoms. The van der Waals surface area contributed by atoms with E-state index in [1.54, 1.807) is 0 Å². The quantitative estimate of drug-likeness (QED) is 0.799. The van der Waals surface area contributed by atoms with Crippen molar-refractivity contribution in [3.05, 3.63) is 48.4 Å². The van der Waals surface area contributed by atoms with Crippen LogP contribution in [0.4, 0.5) is 11.4 Å². The Morgan fingerprint density at radius 2 is 1.96 bits per heavy atom. The molecule has 2 aromatic heterocycles. The first-order valence-electron chi connectivity index (χ1n) is 8.05. The highest BCUT2D eigenvalue weighted by Crippen LogP contribution is 2.29. The number of fused-ring (bicyclic) bond motifs is 1. The number of hydrogen-bond acceptors (Lipinski definition) is 4. The van der Waals surface area contributed by atoms with Crippen LogP contribution in [-0.4, -0.2) is 28.0 Å². The summed E-state index contributed by atoms with van der Waals surface area (Å²) in [5.74, 6) is 0. The Kier molecular flexibility index (Phi) is 3.71. The molecule has 5 nitrogen and oxygen atoms in total. The van der Waals surface area contributed by atoms with Crippen LogP contribution in [0, 0.1) is 6.92 Å². The van der Waals surface area contributed by atoms with Gasteiger partial charge in [-0.25, -0.2) is 0 Å². The summed E-state index contributed by atoms with van der Waals surface area (Å²) in [6.07, 6.45) is 5.81. The molecular weight excluding hydrogens is 288 g/mol. The summed E-state index contributed by atoms with van der Waals surface area (Å²) in [6, 6.07) is 10.6. The molecule has 0 radical (unpaired) electrons. The van der Waals surface area contributed by atoms with Crippen LogP contribution < -0.4 is 5.32 Å². The Morgan fingerprint density at radius 3 is 2.83 bits per heavy atom. The number of ether oxygens (including phenoxy) is 1. The molecule has 0 amide bonds. The predicted octanol–water partition coefficient (Wildman–Crippen LogP) is 3.83. The SMILES string of the molecule is Cc1c(Nc2ccnc3ccccc23)cnn1C1CCOCC1. The smallest absolute Gasteiger partial charge is 0.0800 e. The van der Waals surface area contributed by atoms with Gasteiger partial charge in [-0.1, -0.05) is 18.2 Å². The van der Waals surface area contributed by atoms with Gasteiger partial charge in [-0.2, -0.15) is 5.10 Å². The standard InChI is InChI=1S/C18H20N4O/c1-13-18(12-20-22(13)14-7-10-23-11-8-14)21-17-6-9-19-16-5-3-2-4-15(16)17/h2-6,9,12,14H,7-8,10-11H2,1H3,(H,19,21). The van der Waals surface area contributed by atoms with E-state index in [0.717, 1.165) is 54.0 Å². The lowest BCUT2D eigenvalue weighted by atomic mass is 10.1. The van der Waals surface area contributed by atoms with Crippen molar-refractivity contribution in [3.8, 4) is 0 Å². The number of aromatic nitrogens is 3. The minimum atomic E-state index is 0.438. The largest absolute Gasteiger partial charge is 0.381 e. The number of anilines is 2. The van der Waals surface area contributed by atoms with E-state index in [2.05, 4.69) is 33.1 Å². The van der Waals surface area contributed by atoms with E-state index < -0.39 is 0 Å². The first-order valence-corrected chi connectivity index (χ1v) is 8.05. The zero-order valence-corrected chi connectivity index (χ0v) is 13.2. The van der Waals surface area contributed by atoms with E-state index in [1.807, 2.05) is 36.7 Å². The maximum absolute atomic E-state index is 5.45. The number of nitrogens with zero attached hydrogens (tertiary/aromatic N) is 3. The van der Waals surface area contributed by atoms with Crippen molar-refractivity contribution < 1.29 is 4.74 Å². The average molecular weight is 308 g/mol. The molecule has 23 heavy (non-hydrogen) atoms. The number of rotatable bonds is 3. The minimum absolute atomic E-state index is 0.438. The first-order chi connectivity index (χ1) is 11.3. The third-order valence-electron chi connectivity index (χ3n) is 4.50. The van der Waals surface area contributed by atoms with Gasteiger partial charge in [0.25, 0.3) is 0 Å². The van der Waals surface area contributed by atoms with Gasteiger partial charge in [0.2, 0.25) is 0 Å². The molecule has 0 saturated carbocycles. The van der Waals surface area contributed by atoms with Crippen molar-refractivity contribution in [2.45, 2.75) is 25.8 Å². The highest BCUT2D eigenvalue weighted by Gasteiger charge is 2.19. The van der Waals surface area contributed by atoms with E-state index in [0.29, 0.717) is 6.04 Å². The van der Waals surface area contributed by atoms with E-state index in [4.69, 9.17) is 4.74 Å². The van der Waals surface area contributed by atoms with E-state index in [9.17, 15) is 0 Å². The molecule has 0 aliphatic carbocycles. The predicted molar refractivity (Wildman–Crippen MR) is 91.1 cm³/mol. The van der Waals surface area contributed by atoms with Gasteiger partial charge in [-0.15, -0.1) is 0 Å². The van der Waals surface area contributed by atoms with Crippen LogP contribution >= 0.6 is 0 Å². The zero-order valence-electron chi connectivity index (χ0n) is 13.2. The van der Waals surface area contributed by atoms with Crippen molar-refractivity contribution in [2.75, 3.05) is 18.5 Å². The van der Waals surface area contributed by atoms with Gasteiger partial charge >= 0.3 is 0 Å². The van der Waals surface area contributed by atoms with Crippen LogP contribution in [-0.2, 0) is 4.74 Å². The second kappa shape index (κ2) is 6.01. The van der Waals surface area contributed by atoms with Gasteiger partial charge < -0.3 is 10.1 Å². The van der Waals surface area contributed by atoms with Crippen molar-refractivity contribution in [1.82, 2.24) is 14.8 Å². The van der Waals surface area contributed by atoms with Crippen molar-refractivity contribution in [3.63, 3.8) is 0 Å². The fourth-order valence-electron chi connectivity index (χ4n) is 3.19. The Hall–Kier alpha value is -2.40. The topological polar surface area (TPSA) is 52.0 Å². The molecule has 0 atom stereocenters.